The van der Waals surface area contributed by atoms with Crippen LogP contribution < -0.4 is 5.73 Å². The first kappa shape index (κ1) is 12.9. The minimum Gasteiger partial charge on any atom is -0.330 e. The molecule has 1 nitrogen and oxygen atoms in total. The molecule has 0 spiro atoms. The molecule has 4 aliphatic rings. The predicted molar refractivity (Wildman–Crippen MR) is 83.4 cm³/mol. The van der Waals surface area contributed by atoms with Gasteiger partial charge in [-0.1, -0.05) is 30.3 Å². The van der Waals surface area contributed by atoms with E-state index in [1.54, 1.807) is 12.0 Å². The van der Waals surface area contributed by atoms with Gasteiger partial charge < -0.3 is 5.73 Å². The Morgan fingerprint density at radius 1 is 0.900 bits per heavy atom. The molecule has 0 heterocycles. The Morgan fingerprint density at radius 3 is 2.05 bits per heavy atom. The topological polar surface area (TPSA) is 26.0 Å². The first-order chi connectivity index (χ1) is 9.85. The van der Waals surface area contributed by atoms with Gasteiger partial charge in [-0.2, -0.15) is 0 Å². The maximum atomic E-state index is 5.96. The summed E-state index contributed by atoms with van der Waals surface area (Å²) < 4.78 is 0. The molecular formula is C19H27N. The summed E-state index contributed by atoms with van der Waals surface area (Å²) in [6.45, 7) is 0.836. The zero-order valence-electron chi connectivity index (χ0n) is 12.4. The molecule has 20 heavy (non-hydrogen) atoms. The van der Waals surface area contributed by atoms with Gasteiger partial charge in [0.15, 0.2) is 0 Å². The lowest BCUT2D eigenvalue weighted by molar-refractivity contribution is -0.0486. The van der Waals surface area contributed by atoms with Gasteiger partial charge in [-0.3, -0.25) is 0 Å². The summed E-state index contributed by atoms with van der Waals surface area (Å²) in [6.07, 6.45) is 8.80. The van der Waals surface area contributed by atoms with Gasteiger partial charge in [0, 0.05) is 0 Å². The van der Waals surface area contributed by atoms with E-state index in [2.05, 4.69) is 30.3 Å². The lowest BCUT2D eigenvalue weighted by atomic mass is 9.49. The second kappa shape index (κ2) is 5.18. The van der Waals surface area contributed by atoms with Crippen molar-refractivity contribution in [3.63, 3.8) is 0 Å². The average molecular weight is 269 g/mol. The normalized spacial score (nSPS) is 40.0. The van der Waals surface area contributed by atoms with E-state index in [0.717, 1.165) is 42.1 Å². The fourth-order valence-electron chi connectivity index (χ4n) is 6.09. The van der Waals surface area contributed by atoms with Crippen molar-refractivity contribution in [2.45, 2.75) is 44.4 Å². The highest BCUT2D eigenvalue weighted by atomic mass is 14.6. The molecule has 1 atom stereocenters. The van der Waals surface area contributed by atoms with Gasteiger partial charge in [0.2, 0.25) is 0 Å². The van der Waals surface area contributed by atoms with Crippen LogP contribution >= 0.6 is 0 Å². The standard InChI is InChI=1S/C19H27N/c20-7-6-18(15-4-2-1-3-5-15)19-16-9-13-8-14(11-16)12-17(19)10-13/h1-5,13-14,16-19H,6-12,20H2. The Morgan fingerprint density at radius 2 is 1.50 bits per heavy atom. The van der Waals surface area contributed by atoms with Crippen LogP contribution in [0.15, 0.2) is 30.3 Å². The molecule has 1 aromatic carbocycles. The van der Waals surface area contributed by atoms with Crippen molar-refractivity contribution in [3.05, 3.63) is 35.9 Å². The minimum absolute atomic E-state index is 0.719. The number of benzene rings is 1. The second-order valence-electron chi connectivity index (χ2n) is 7.60. The summed E-state index contributed by atoms with van der Waals surface area (Å²) in [6, 6.07) is 11.2. The number of hydrogen-bond donors (Lipinski definition) is 1. The Bertz CT molecular complexity index is 424. The lowest BCUT2D eigenvalue weighted by Crippen LogP contribution is -2.47. The quantitative estimate of drug-likeness (QED) is 0.871. The highest BCUT2D eigenvalue weighted by Gasteiger charge is 2.50. The van der Waals surface area contributed by atoms with Crippen LogP contribution in [-0.4, -0.2) is 6.54 Å². The van der Waals surface area contributed by atoms with Crippen LogP contribution in [0.3, 0.4) is 0 Å². The van der Waals surface area contributed by atoms with Crippen LogP contribution in [0.5, 0.6) is 0 Å². The van der Waals surface area contributed by atoms with Crippen molar-refractivity contribution in [1.82, 2.24) is 0 Å². The molecule has 4 saturated carbocycles. The molecule has 2 N–H and O–H groups in total. The van der Waals surface area contributed by atoms with E-state index in [9.17, 15) is 0 Å². The van der Waals surface area contributed by atoms with Crippen LogP contribution in [0.2, 0.25) is 0 Å². The van der Waals surface area contributed by atoms with E-state index in [4.69, 9.17) is 5.73 Å². The second-order valence-corrected chi connectivity index (χ2v) is 7.60. The largest absolute Gasteiger partial charge is 0.330 e. The highest BCUT2D eigenvalue weighted by molar-refractivity contribution is 5.22. The Kier molecular flexibility index (Phi) is 3.34. The summed E-state index contributed by atoms with van der Waals surface area (Å²) in [5.41, 5.74) is 7.51. The van der Waals surface area contributed by atoms with Gasteiger partial charge in [0.05, 0.1) is 0 Å². The maximum Gasteiger partial charge on any atom is -0.00713 e. The fraction of sp³-hybridized carbons (Fsp3) is 0.684. The summed E-state index contributed by atoms with van der Waals surface area (Å²) >= 11 is 0. The van der Waals surface area contributed by atoms with Gasteiger partial charge in [-0.15, -0.1) is 0 Å². The van der Waals surface area contributed by atoms with Gasteiger partial charge in [-0.25, -0.2) is 0 Å². The monoisotopic (exact) mass is 269 g/mol. The van der Waals surface area contributed by atoms with Crippen LogP contribution in [0.25, 0.3) is 0 Å². The van der Waals surface area contributed by atoms with E-state index < -0.39 is 0 Å². The van der Waals surface area contributed by atoms with Crippen LogP contribution in [0, 0.1) is 29.6 Å². The molecule has 0 amide bonds. The predicted octanol–water partition coefficient (Wildman–Crippen LogP) is 4.19. The fourth-order valence-corrected chi connectivity index (χ4v) is 6.09. The van der Waals surface area contributed by atoms with Crippen LogP contribution in [0.1, 0.15) is 50.0 Å². The molecule has 4 aliphatic carbocycles. The molecule has 4 bridgehead atoms. The number of nitrogens with two attached hydrogens (primary N) is 1. The van der Waals surface area contributed by atoms with Gasteiger partial charge >= 0.3 is 0 Å². The molecule has 1 aromatic rings. The van der Waals surface area contributed by atoms with Crippen molar-refractivity contribution < 1.29 is 0 Å². The SMILES string of the molecule is NCCC(c1ccccc1)C1C2CC3CC(C2)CC1C3. The molecule has 0 radical (unpaired) electrons. The Labute approximate surface area is 122 Å². The zero-order chi connectivity index (χ0) is 13.5. The Balaban J connectivity index is 1.63. The van der Waals surface area contributed by atoms with Gasteiger partial charge in [0.25, 0.3) is 0 Å². The molecule has 4 fully saturated rings. The maximum absolute atomic E-state index is 5.96. The van der Waals surface area contributed by atoms with Crippen LogP contribution in [0.4, 0.5) is 0 Å². The van der Waals surface area contributed by atoms with Crippen LogP contribution in [-0.2, 0) is 0 Å². The third-order valence-corrected chi connectivity index (χ3v) is 6.47. The van der Waals surface area contributed by atoms with E-state index in [1.807, 2.05) is 0 Å². The van der Waals surface area contributed by atoms with E-state index in [1.165, 1.54) is 32.1 Å². The molecule has 0 aromatic heterocycles. The summed E-state index contributed by atoms with van der Waals surface area (Å²) in [5.74, 6) is 5.79. The van der Waals surface area contributed by atoms with Crippen molar-refractivity contribution in [2.75, 3.05) is 6.54 Å². The van der Waals surface area contributed by atoms with Crippen molar-refractivity contribution in [3.8, 4) is 0 Å². The molecule has 1 unspecified atom stereocenters. The third-order valence-electron chi connectivity index (χ3n) is 6.47. The summed E-state index contributed by atoms with van der Waals surface area (Å²) in [7, 11) is 0. The number of rotatable bonds is 4. The summed E-state index contributed by atoms with van der Waals surface area (Å²) in [5, 5.41) is 0. The van der Waals surface area contributed by atoms with Crippen molar-refractivity contribution in [2.24, 2.45) is 35.3 Å². The van der Waals surface area contributed by atoms with E-state index in [-0.39, 0.29) is 0 Å². The van der Waals surface area contributed by atoms with E-state index >= 15 is 0 Å². The van der Waals surface area contributed by atoms with E-state index in [0.29, 0.717) is 0 Å². The molecule has 0 saturated heterocycles. The minimum atomic E-state index is 0.719. The molecule has 1 heteroatoms. The zero-order valence-corrected chi connectivity index (χ0v) is 12.4. The first-order valence-corrected chi connectivity index (χ1v) is 8.60. The first-order valence-electron chi connectivity index (χ1n) is 8.60. The third kappa shape index (κ3) is 2.11. The smallest absolute Gasteiger partial charge is 0.00713 e. The molecule has 0 aliphatic heterocycles. The lowest BCUT2D eigenvalue weighted by Gasteiger charge is -2.56. The molecular weight excluding hydrogens is 242 g/mol. The highest BCUT2D eigenvalue weighted by Crippen LogP contribution is 2.60. The van der Waals surface area contributed by atoms with Gasteiger partial charge in [0.1, 0.15) is 0 Å². The average Bonchev–Trinajstić information content (AvgIpc) is 2.46. The van der Waals surface area contributed by atoms with Crippen molar-refractivity contribution in [1.29, 1.82) is 0 Å². The Hall–Kier alpha value is -0.820. The van der Waals surface area contributed by atoms with Gasteiger partial charge in [-0.05, 0) is 86.1 Å². The number of hydrogen-bond acceptors (Lipinski definition) is 1. The molecule has 5 rings (SSSR count). The van der Waals surface area contributed by atoms with Crippen molar-refractivity contribution >= 4 is 0 Å². The molecule has 108 valence electrons. The summed E-state index contributed by atoms with van der Waals surface area (Å²) in [4.78, 5) is 0.